The molecule has 0 saturated heterocycles. The van der Waals surface area contributed by atoms with Crippen molar-refractivity contribution in [1.29, 1.82) is 0 Å². The van der Waals surface area contributed by atoms with E-state index in [1.807, 2.05) is 0 Å². The fourth-order valence-electron chi connectivity index (χ4n) is 1.55. The SMILES string of the molecule is CC(C)C(NC(=O)NCc1ccc(F)cc1F)C(=O)O. The summed E-state index contributed by atoms with van der Waals surface area (Å²) >= 11 is 0. The maximum Gasteiger partial charge on any atom is 0.326 e. The van der Waals surface area contributed by atoms with Gasteiger partial charge in [-0.2, -0.15) is 0 Å². The van der Waals surface area contributed by atoms with E-state index in [-0.39, 0.29) is 18.0 Å². The molecule has 0 saturated carbocycles. The second-order valence-electron chi connectivity index (χ2n) is 4.62. The zero-order valence-corrected chi connectivity index (χ0v) is 11.1. The lowest BCUT2D eigenvalue weighted by molar-refractivity contribution is -0.140. The summed E-state index contributed by atoms with van der Waals surface area (Å²) in [5.74, 6) is -2.92. The highest BCUT2D eigenvalue weighted by Gasteiger charge is 2.23. The van der Waals surface area contributed by atoms with Gasteiger partial charge in [-0.1, -0.05) is 19.9 Å². The number of carboxylic acid groups (broad SMARTS) is 1. The van der Waals surface area contributed by atoms with Crippen molar-refractivity contribution in [2.75, 3.05) is 0 Å². The normalized spacial score (nSPS) is 12.1. The number of rotatable bonds is 5. The summed E-state index contributed by atoms with van der Waals surface area (Å²) in [6.45, 7) is 3.14. The number of carboxylic acids is 1. The van der Waals surface area contributed by atoms with E-state index in [1.165, 1.54) is 6.07 Å². The second kappa shape index (κ2) is 6.83. The van der Waals surface area contributed by atoms with Crippen molar-refractivity contribution < 1.29 is 23.5 Å². The molecule has 0 fully saturated rings. The smallest absolute Gasteiger partial charge is 0.326 e. The summed E-state index contributed by atoms with van der Waals surface area (Å²) in [5.41, 5.74) is 0.109. The van der Waals surface area contributed by atoms with Gasteiger partial charge < -0.3 is 15.7 Å². The van der Waals surface area contributed by atoms with E-state index >= 15 is 0 Å². The lowest BCUT2D eigenvalue weighted by Gasteiger charge is -2.18. The Hall–Kier alpha value is -2.18. The molecule has 0 aliphatic heterocycles. The molecule has 0 radical (unpaired) electrons. The van der Waals surface area contributed by atoms with Crippen LogP contribution in [0.5, 0.6) is 0 Å². The Morgan fingerprint density at radius 2 is 1.95 bits per heavy atom. The standard InChI is InChI=1S/C13H16F2N2O3/c1-7(2)11(12(18)19)17-13(20)16-6-8-3-4-9(14)5-10(8)15/h3-5,7,11H,6H2,1-2H3,(H,18,19)(H2,16,17,20). The minimum atomic E-state index is -1.15. The topological polar surface area (TPSA) is 78.4 Å². The van der Waals surface area contributed by atoms with Gasteiger partial charge in [-0.25, -0.2) is 18.4 Å². The maximum absolute atomic E-state index is 13.3. The van der Waals surface area contributed by atoms with Gasteiger partial charge in [-0.3, -0.25) is 0 Å². The summed E-state index contributed by atoms with van der Waals surface area (Å²) in [6, 6.07) is 1.24. The first-order valence-corrected chi connectivity index (χ1v) is 6.02. The van der Waals surface area contributed by atoms with Gasteiger partial charge >= 0.3 is 12.0 Å². The molecule has 1 aromatic rings. The number of carbonyl (C=O) groups excluding carboxylic acids is 1. The van der Waals surface area contributed by atoms with Crippen molar-refractivity contribution in [3.8, 4) is 0 Å². The van der Waals surface area contributed by atoms with Gasteiger partial charge in [0.1, 0.15) is 17.7 Å². The van der Waals surface area contributed by atoms with Gasteiger partial charge in [0.05, 0.1) is 0 Å². The van der Waals surface area contributed by atoms with Crippen LogP contribution in [0.4, 0.5) is 13.6 Å². The Balaban J connectivity index is 2.57. The van der Waals surface area contributed by atoms with Gasteiger partial charge in [-0.15, -0.1) is 0 Å². The van der Waals surface area contributed by atoms with E-state index in [1.54, 1.807) is 13.8 Å². The Kier molecular flexibility index (Phi) is 5.42. The Morgan fingerprint density at radius 1 is 1.30 bits per heavy atom. The van der Waals surface area contributed by atoms with Crippen LogP contribution >= 0.6 is 0 Å². The van der Waals surface area contributed by atoms with Gasteiger partial charge in [0.2, 0.25) is 0 Å². The quantitative estimate of drug-likeness (QED) is 0.773. The van der Waals surface area contributed by atoms with Crippen LogP contribution < -0.4 is 10.6 Å². The molecule has 0 heterocycles. The van der Waals surface area contributed by atoms with Crippen molar-refractivity contribution in [2.24, 2.45) is 5.92 Å². The molecule has 1 atom stereocenters. The second-order valence-corrected chi connectivity index (χ2v) is 4.62. The van der Waals surface area contributed by atoms with E-state index in [0.717, 1.165) is 6.07 Å². The number of nitrogens with one attached hydrogen (secondary N) is 2. The lowest BCUT2D eigenvalue weighted by Crippen LogP contribution is -2.48. The van der Waals surface area contributed by atoms with E-state index in [4.69, 9.17) is 5.11 Å². The fourth-order valence-corrected chi connectivity index (χ4v) is 1.55. The van der Waals surface area contributed by atoms with Crippen LogP contribution in [0.15, 0.2) is 18.2 Å². The number of amides is 2. The van der Waals surface area contributed by atoms with Crippen molar-refractivity contribution in [2.45, 2.75) is 26.4 Å². The van der Waals surface area contributed by atoms with Gasteiger partial charge in [0.25, 0.3) is 0 Å². The van der Waals surface area contributed by atoms with E-state index < -0.39 is 29.7 Å². The number of halogens is 2. The fraction of sp³-hybridized carbons (Fsp3) is 0.385. The third-order valence-electron chi connectivity index (χ3n) is 2.67. The summed E-state index contributed by atoms with van der Waals surface area (Å²) in [6.07, 6.45) is 0. The summed E-state index contributed by atoms with van der Waals surface area (Å²) in [7, 11) is 0. The third-order valence-corrected chi connectivity index (χ3v) is 2.67. The predicted octanol–water partition coefficient (Wildman–Crippen LogP) is 1.87. The van der Waals surface area contributed by atoms with Crippen molar-refractivity contribution >= 4 is 12.0 Å². The molecule has 110 valence electrons. The van der Waals surface area contributed by atoms with E-state index in [0.29, 0.717) is 6.07 Å². The van der Waals surface area contributed by atoms with Crippen LogP contribution in [0.25, 0.3) is 0 Å². The van der Waals surface area contributed by atoms with E-state index in [2.05, 4.69) is 10.6 Å². The number of carbonyl (C=O) groups is 2. The van der Waals surface area contributed by atoms with Crippen molar-refractivity contribution in [1.82, 2.24) is 10.6 Å². The molecule has 1 unspecified atom stereocenters. The molecule has 0 aromatic heterocycles. The average Bonchev–Trinajstić information content (AvgIpc) is 2.34. The third kappa shape index (κ3) is 4.49. The Labute approximate surface area is 115 Å². The number of hydrogen-bond donors (Lipinski definition) is 3. The monoisotopic (exact) mass is 286 g/mol. The minimum Gasteiger partial charge on any atom is -0.480 e. The minimum absolute atomic E-state index is 0.109. The molecule has 0 aliphatic rings. The molecule has 0 spiro atoms. The van der Waals surface area contributed by atoms with E-state index in [9.17, 15) is 18.4 Å². The molecule has 5 nitrogen and oxygen atoms in total. The highest BCUT2D eigenvalue weighted by molar-refractivity contribution is 5.82. The Bertz CT molecular complexity index is 506. The maximum atomic E-state index is 13.3. The predicted molar refractivity (Wildman–Crippen MR) is 68.0 cm³/mol. The van der Waals surface area contributed by atoms with Crippen LogP contribution in [0.2, 0.25) is 0 Å². The lowest BCUT2D eigenvalue weighted by atomic mass is 10.1. The number of urea groups is 1. The average molecular weight is 286 g/mol. The number of benzene rings is 1. The number of aliphatic carboxylic acids is 1. The molecule has 2 amide bonds. The largest absolute Gasteiger partial charge is 0.480 e. The van der Waals surface area contributed by atoms with Gasteiger partial charge in [0, 0.05) is 18.2 Å². The van der Waals surface area contributed by atoms with Gasteiger partial charge in [0.15, 0.2) is 0 Å². The van der Waals surface area contributed by atoms with Crippen LogP contribution in [0, 0.1) is 17.6 Å². The summed E-state index contributed by atoms with van der Waals surface area (Å²) in [4.78, 5) is 22.4. The molecule has 3 N–H and O–H groups in total. The summed E-state index contributed by atoms with van der Waals surface area (Å²) in [5, 5.41) is 13.5. The first-order valence-electron chi connectivity index (χ1n) is 6.02. The zero-order valence-electron chi connectivity index (χ0n) is 11.1. The van der Waals surface area contributed by atoms with Crippen molar-refractivity contribution in [3.05, 3.63) is 35.4 Å². The zero-order chi connectivity index (χ0) is 15.3. The molecule has 1 aromatic carbocycles. The highest BCUT2D eigenvalue weighted by atomic mass is 19.1. The molecule has 0 aliphatic carbocycles. The Morgan fingerprint density at radius 3 is 2.45 bits per heavy atom. The molecular weight excluding hydrogens is 270 g/mol. The van der Waals surface area contributed by atoms with Gasteiger partial charge in [-0.05, 0) is 12.0 Å². The highest BCUT2D eigenvalue weighted by Crippen LogP contribution is 2.09. The molecule has 20 heavy (non-hydrogen) atoms. The van der Waals surface area contributed by atoms with Crippen LogP contribution in [0.1, 0.15) is 19.4 Å². The van der Waals surface area contributed by atoms with Crippen LogP contribution in [-0.4, -0.2) is 23.1 Å². The molecule has 1 rings (SSSR count). The van der Waals surface area contributed by atoms with Crippen LogP contribution in [0.3, 0.4) is 0 Å². The first-order chi connectivity index (χ1) is 9.31. The summed E-state index contributed by atoms with van der Waals surface area (Å²) < 4.78 is 26.0. The van der Waals surface area contributed by atoms with Crippen molar-refractivity contribution in [3.63, 3.8) is 0 Å². The van der Waals surface area contributed by atoms with Crippen LogP contribution in [-0.2, 0) is 11.3 Å². The molecule has 0 bridgehead atoms. The first kappa shape index (κ1) is 15.9. The molecular formula is C13H16F2N2O3. The number of hydrogen-bond acceptors (Lipinski definition) is 2. The molecule has 7 heteroatoms.